The Kier molecular flexibility index (Phi) is 36.2. The van der Waals surface area contributed by atoms with Gasteiger partial charge in [-0.1, -0.05) is 0 Å². The molecule has 0 aromatic rings. The average molecular weight is 260 g/mol. The largest absolute Gasteiger partial charge is 0.479 e. The van der Waals surface area contributed by atoms with Crippen molar-refractivity contribution in [1.82, 2.24) is 0 Å². The van der Waals surface area contributed by atoms with E-state index in [0.29, 0.717) is 0 Å². The summed E-state index contributed by atoms with van der Waals surface area (Å²) in [4.78, 5) is 9.45. The molecule has 0 aromatic heterocycles. The highest BCUT2D eigenvalue weighted by atomic mass is 16.4. The Morgan fingerprint density at radius 2 is 1.24 bits per heavy atom. The maximum Gasteiger partial charge on any atom is 0.332 e. The van der Waals surface area contributed by atoms with Gasteiger partial charge in [-0.3, -0.25) is 0 Å². The molecule has 0 spiro atoms. The van der Waals surface area contributed by atoms with Gasteiger partial charge < -0.3 is 35.7 Å². The van der Waals surface area contributed by atoms with E-state index in [1.807, 2.05) is 0 Å². The minimum absolute atomic E-state index is 0.250. The summed E-state index contributed by atoms with van der Waals surface area (Å²) in [6.07, 6.45) is -2.19. The summed E-state index contributed by atoms with van der Waals surface area (Å²) >= 11 is 0. The standard InChI is InChI=1S/C3H8O3.C3H6O3.C2H6O.CH4O/c4-1-3(6)2-5;1-2(4)3(5)6;1-2-3;1-2/h3-6H,1-2H2;2,4H,1H3,(H,5,6);3H,2H2,1H3;2H,1H3. The minimum atomic E-state index is -1.23. The van der Waals surface area contributed by atoms with Crippen LogP contribution in [0.15, 0.2) is 0 Å². The summed E-state index contributed by atoms with van der Waals surface area (Å²) in [6, 6.07) is 0. The van der Waals surface area contributed by atoms with Gasteiger partial charge >= 0.3 is 5.97 Å². The number of aliphatic carboxylic acids is 1. The molecule has 0 aromatic carbocycles. The summed E-state index contributed by atoms with van der Waals surface area (Å²) < 4.78 is 0. The molecule has 0 rings (SSSR count). The lowest BCUT2D eigenvalue weighted by Gasteiger charge is -1.96. The molecule has 0 aliphatic heterocycles. The lowest BCUT2D eigenvalue weighted by Crippen LogP contribution is -2.15. The number of carboxylic acids is 1. The average Bonchev–Trinajstić information content (AvgIpc) is 2.32. The zero-order valence-corrected chi connectivity index (χ0v) is 10.3. The highest BCUT2D eigenvalue weighted by Crippen LogP contribution is 1.73. The van der Waals surface area contributed by atoms with E-state index in [1.54, 1.807) is 6.92 Å². The van der Waals surface area contributed by atoms with Crippen LogP contribution < -0.4 is 0 Å². The summed E-state index contributed by atoms with van der Waals surface area (Å²) in [5, 5.41) is 54.4. The molecule has 0 aliphatic rings. The fourth-order valence-corrected chi connectivity index (χ4v) is 0.0577. The Labute approximate surface area is 100 Å². The van der Waals surface area contributed by atoms with Crippen LogP contribution in [0.4, 0.5) is 0 Å². The van der Waals surface area contributed by atoms with E-state index < -0.39 is 18.2 Å². The Balaban J connectivity index is -0.0000000727. The molecule has 0 saturated heterocycles. The van der Waals surface area contributed by atoms with Crippen molar-refractivity contribution in [2.24, 2.45) is 0 Å². The van der Waals surface area contributed by atoms with Crippen LogP contribution in [0.2, 0.25) is 0 Å². The lowest BCUT2D eigenvalue weighted by atomic mass is 10.4. The highest BCUT2D eigenvalue weighted by Gasteiger charge is 2.01. The molecule has 0 amide bonds. The van der Waals surface area contributed by atoms with E-state index >= 15 is 0 Å². The summed E-state index contributed by atoms with van der Waals surface area (Å²) in [7, 11) is 1.00. The molecule has 0 fully saturated rings. The first kappa shape index (κ1) is 25.2. The van der Waals surface area contributed by atoms with Gasteiger partial charge in [0.2, 0.25) is 0 Å². The first-order chi connectivity index (χ1) is 7.87. The third-order valence-corrected chi connectivity index (χ3v) is 0.779. The third kappa shape index (κ3) is 51.0. The summed E-state index contributed by atoms with van der Waals surface area (Å²) in [6.45, 7) is 2.40. The van der Waals surface area contributed by atoms with Crippen molar-refractivity contribution in [1.29, 1.82) is 0 Å². The molecule has 108 valence electrons. The molecule has 1 atom stereocenters. The SMILES string of the molecule is CC(O)C(=O)O.CCO.CO.OCC(O)CO. The lowest BCUT2D eigenvalue weighted by molar-refractivity contribution is -0.145. The van der Waals surface area contributed by atoms with Gasteiger partial charge in [0.1, 0.15) is 12.2 Å². The van der Waals surface area contributed by atoms with Crippen LogP contribution >= 0.6 is 0 Å². The van der Waals surface area contributed by atoms with Gasteiger partial charge in [0.05, 0.1) is 13.2 Å². The first-order valence-corrected chi connectivity index (χ1v) is 4.73. The Hall–Kier alpha value is -0.770. The first-order valence-electron chi connectivity index (χ1n) is 4.73. The minimum Gasteiger partial charge on any atom is -0.479 e. The Morgan fingerprint density at radius 1 is 1.06 bits per heavy atom. The van der Waals surface area contributed by atoms with E-state index in [-0.39, 0.29) is 19.8 Å². The van der Waals surface area contributed by atoms with Gasteiger partial charge in [0, 0.05) is 13.7 Å². The summed E-state index contributed by atoms with van der Waals surface area (Å²) in [5.41, 5.74) is 0. The van der Waals surface area contributed by atoms with Crippen LogP contribution in [0.5, 0.6) is 0 Å². The quantitative estimate of drug-likeness (QED) is 0.291. The van der Waals surface area contributed by atoms with Crippen molar-refractivity contribution >= 4 is 5.97 Å². The van der Waals surface area contributed by atoms with Crippen molar-refractivity contribution in [3.8, 4) is 0 Å². The van der Waals surface area contributed by atoms with Gasteiger partial charge in [-0.15, -0.1) is 0 Å². The zero-order valence-electron chi connectivity index (χ0n) is 10.3. The Bertz CT molecular complexity index is 124. The number of rotatable bonds is 3. The van der Waals surface area contributed by atoms with Gasteiger partial charge in [-0.05, 0) is 13.8 Å². The van der Waals surface area contributed by atoms with Gasteiger partial charge in [0.15, 0.2) is 0 Å². The number of hydrogen-bond donors (Lipinski definition) is 7. The van der Waals surface area contributed by atoms with E-state index in [0.717, 1.165) is 7.11 Å². The summed E-state index contributed by atoms with van der Waals surface area (Å²) in [5.74, 6) is -1.19. The van der Waals surface area contributed by atoms with Crippen molar-refractivity contribution < 1.29 is 40.5 Å². The maximum atomic E-state index is 9.45. The molecule has 8 nitrogen and oxygen atoms in total. The number of aliphatic hydroxyl groups is 6. The predicted octanol–water partition coefficient (Wildman–Crippen LogP) is -2.61. The van der Waals surface area contributed by atoms with Crippen LogP contribution in [-0.4, -0.2) is 80.9 Å². The zero-order chi connectivity index (χ0) is 14.9. The molecule has 0 aliphatic carbocycles. The van der Waals surface area contributed by atoms with Gasteiger partial charge in [-0.2, -0.15) is 0 Å². The van der Waals surface area contributed by atoms with E-state index in [9.17, 15) is 4.79 Å². The van der Waals surface area contributed by atoms with Crippen LogP contribution in [0.1, 0.15) is 13.8 Å². The van der Waals surface area contributed by atoms with E-state index in [4.69, 9.17) is 35.7 Å². The predicted molar refractivity (Wildman–Crippen MR) is 60.4 cm³/mol. The molecule has 0 heterocycles. The smallest absolute Gasteiger partial charge is 0.332 e. The Morgan fingerprint density at radius 3 is 1.24 bits per heavy atom. The molecule has 1 unspecified atom stereocenters. The molecule has 7 N–H and O–H groups in total. The monoisotopic (exact) mass is 260 g/mol. The molecule has 17 heavy (non-hydrogen) atoms. The van der Waals surface area contributed by atoms with Crippen LogP contribution in [-0.2, 0) is 4.79 Å². The highest BCUT2D eigenvalue weighted by molar-refractivity contribution is 5.71. The normalized spacial score (nSPS) is 9.76. The molecule has 8 heteroatoms. The molecule has 0 bridgehead atoms. The van der Waals surface area contributed by atoms with Crippen molar-refractivity contribution in [2.45, 2.75) is 26.1 Å². The third-order valence-electron chi connectivity index (χ3n) is 0.779. The fraction of sp³-hybridized carbons (Fsp3) is 0.889. The number of aliphatic hydroxyl groups excluding tert-OH is 6. The molecule has 0 saturated carbocycles. The number of hydrogen-bond acceptors (Lipinski definition) is 7. The topological polar surface area (TPSA) is 159 Å². The molecular weight excluding hydrogens is 236 g/mol. The van der Waals surface area contributed by atoms with E-state index in [2.05, 4.69) is 0 Å². The second-order valence-corrected chi connectivity index (χ2v) is 2.35. The van der Waals surface area contributed by atoms with Crippen molar-refractivity contribution in [3.63, 3.8) is 0 Å². The van der Waals surface area contributed by atoms with Gasteiger partial charge in [-0.25, -0.2) is 4.79 Å². The van der Waals surface area contributed by atoms with Gasteiger partial charge in [0.25, 0.3) is 0 Å². The van der Waals surface area contributed by atoms with Crippen LogP contribution in [0.25, 0.3) is 0 Å². The fourth-order valence-electron chi connectivity index (χ4n) is 0.0577. The second kappa shape index (κ2) is 24.5. The second-order valence-electron chi connectivity index (χ2n) is 2.35. The van der Waals surface area contributed by atoms with Crippen LogP contribution in [0.3, 0.4) is 0 Å². The maximum absolute atomic E-state index is 9.45. The molecular formula is C9H24O8. The number of carbonyl (C=O) groups is 1. The van der Waals surface area contributed by atoms with Crippen molar-refractivity contribution in [2.75, 3.05) is 26.9 Å². The van der Waals surface area contributed by atoms with E-state index in [1.165, 1.54) is 6.92 Å². The van der Waals surface area contributed by atoms with Crippen molar-refractivity contribution in [3.05, 3.63) is 0 Å². The number of carboxylic acid groups (broad SMARTS) is 1. The molecule has 0 radical (unpaired) electrons. The van der Waals surface area contributed by atoms with Crippen LogP contribution in [0, 0.1) is 0 Å².